The van der Waals surface area contributed by atoms with Gasteiger partial charge in [0.25, 0.3) is 0 Å². The SMILES string of the molecule is CCC1CCC(NC2CCCCCC2)(C(=O)O)C1. The van der Waals surface area contributed by atoms with Crippen LogP contribution >= 0.6 is 0 Å². The average Bonchev–Trinajstić information content (AvgIpc) is 2.61. The molecular formula is C15H27NO2. The van der Waals surface area contributed by atoms with Gasteiger partial charge in [0.15, 0.2) is 0 Å². The first-order valence-corrected chi connectivity index (χ1v) is 7.67. The minimum absolute atomic E-state index is 0.430. The fraction of sp³-hybridized carbons (Fsp3) is 0.933. The Balaban J connectivity index is 1.99. The van der Waals surface area contributed by atoms with Crippen molar-refractivity contribution in [3.05, 3.63) is 0 Å². The van der Waals surface area contributed by atoms with Gasteiger partial charge in [-0.3, -0.25) is 10.1 Å². The van der Waals surface area contributed by atoms with Gasteiger partial charge in [-0.1, -0.05) is 39.0 Å². The van der Waals surface area contributed by atoms with Gasteiger partial charge in [-0.2, -0.15) is 0 Å². The quantitative estimate of drug-likeness (QED) is 0.756. The molecule has 3 nitrogen and oxygen atoms in total. The van der Waals surface area contributed by atoms with Gasteiger partial charge in [-0.15, -0.1) is 0 Å². The lowest BCUT2D eigenvalue weighted by molar-refractivity contribution is -0.145. The fourth-order valence-corrected chi connectivity index (χ4v) is 3.70. The second-order valence-corrected chi connectivity index (χ2v) is 6.24. The van der Waals surface area contributed by atoms with Gasteiger partial charge in [0.2, 0.25) is 0 Å². The Morgan fingerprint density at radius 1 is 1.22 bits per heavy atom. The molecule has 18 heavy (non-hydrogen) atoms. The van der Waals surface area contributed by atoms with Crippen LogP contribution in [0.2, 0.25) is 0 Å². The summed E-state index contributed by atoms with van der Waals surface area (Å²) in [7, 11) is 0. The zero-order valence-corrected chi connectivity index (χ0v) is 11.6. The van der Waals surface area contributed by atoms with Gasteiger partial charge in [0.05, 0.1) is 0 Å². The average molecular weight is 253 g/mol. The summed E-state index contributed by atoms with van der Waals surface area (Å²) in [5.41, 5.74) is -0.615. The largest absolute Gasteiger partial charge is 0.480 e. The lowest BCUT2D eigenvalue weighted by Crippen LogP contribution is -2.54. The highest BCUT2D eigenvalue weighted by Gasteiger charge is 2.45. The molecule has 2 saturated carbocycles. The van der Waals surface area contributed by atoms with Gasteiger partial charge >= 0.3 is 5.97 Å². The lowest BCUT2D eigenvalue weighted by Gasteiger charge is -2.31. The van der Waals surface area contributed by atoms with Crippen LogP contribution in [0.15, 0.2) is 0 Å². The summed E-state index contributed by atoms with van der Waals surface area (Å²) in [4.78, 5) is 11.7. The molecule has 0 aromatic rings. The number of carboxylic acid groups (broad SMARTS) is 1. The maximum Gasteiger partial charge on any atom is 0.323 e. The van der Waals surface area contributed by atoms with Crippen molar-refractivity contribution in [1.82, 2.24) is 5.32 Å². The predicted molar refractivity (Wildman–Crippen MR) is 72.6 cm³/mol. The molecule has 2 rings (SSSR count). The summed E-state index contributed by atoms with van der Waals surface area (Å²) in [6.07, 6.45) is 11.3. The predicted octanol–water partition coefficient (Wildman–Crippen LogP) is 3.33. The number of aliphatic carboxylic acids is 1. The van der Waals surface area contributed by atoms with E-state index in [0.717, 1.165) is 38.5 Å². The molecule has 0 saturated heterocycles. The van der Waals surface area contributed by atoms with Gasteiger partial charge in [-0.25, -0.2) is 0 Å². The van der Waals surface area contributed by atoms with E-state index in [1.54, 1.807) is 0 Å². The molecule has 0 aliphatic heterocycles. The zero-order chi connectivity index (χ0) is 13.0. The molecule has 0 bridgehead atoms. The van der Waals surface area contributed by atoms with E-state index in [9.17, 15) is 9.90 Å². The van der Waals surface area contributed by atoms with Crippen molar-refractivity contribution in [2.75, 3.05) is 0 Å². The van der Waals surface area contributed by atoms with E-state index in [2.05, 4.69) is 12.2 Å². The standard InChI is InChI=1S/C15H27NO2/c1-2-12-9-10-15(11-12,14(17)18)16-13-7-5-3-4-6-8-13/h12-13,16H,2-11H2,1H3,(H,17,18). The van der Waals surface area contributed by atoms with Crippen molar-refractivity contribution < 1.29 is 9.90 Å². The van der Waals surface area contributed by atoms with E-state index in [1.807, 2.05) is 0 Å². The molecule has 2 unspecified atom stereocenters. The van der Waals surface area contributed by atoms with Crippen molar-refractivity contribution >= 4 is 5.97 Å². The van der Waals surface area contributed by atoms with Crippen molar-refractivity contribution in [1.29, 1.82) is 0 Å². The first kappa shape index (κ1) is 13.9. The second kappa shape index (κ2) is 6.05. The minimum Gasteiger partial charge on any atom is -0.480 e. The number of carboxylic acids is 1. The van der Waals surface area contributed by atoms with Crippen molar-refractivity contribution in [3.8, 4) is 0 Å². The van der Waals surface area contributed by atoms with Crippen molar-refractivity contribution in [2.45, 2.75) is 82.7 Å². The summed E-state index contributed by atoms with van der Waals surface area (Å²) in [6, 6.07) is 0.430. The highest BCUT2D eigenvalue weighted by Crippen LogP contribution is 2.37. The van der Waals surface area contributed by atoms with E-state index < -0.39 is 11.5 Å². The molecule has 0 amide bonds. The number of carbonyl (C=O) groups is 1. The number of nitrogens with one attached hydrogen (secondary N) is 1. The minimum atomic E-state index is -0.623. The molecule has 3 heteroatoms. The van der Waals surface area contributed by atoms with Gasteiger partial charge < -0.3 is 5.11 Å². The Bertz CT molecular complexity index is 284. The van der Waals surface area contributed by atoms with E-state index in [0.29, 0.717) is 12.0 Å². The van der Waals surface area contributed by atoms with E-state index >= 15 is 0 Å². The summed E-state index contributed by atoms with van der Waals surface area (Å²) in [5, 5.41) is 13.2. The van der Waals surface area contributed by atoms with Crippen LogP contribution < -0.4 is 5.32 Å². The van der Waals surface area contributed by atoms with Crippen LogP contribution in [0.3, 0.4) is 0 Å². The maximum absolute atomic E-state index is 11.7. The van der Waals surface area contributed by atoms with Crippen LogP contribution in [0.4, 0.5) is 0 Å². The van der Waals surface area contributed by atoms with Crippen LogP contribution in [0.25, 0.3) is 0 Å². The highest BCUT2D eigenvalue weighted by atomic mass is 16.4. The van der Waals surface area contributed by atoms with Gasteiger partial charge in [0, 0.05) is 6.04 Å². The molecule has 0 heterocycles. The Morgan fingerprint density at radius 3 is 2.39 bits per heavy atom. The molecule has 0 spiro atoms. The Labute approximate surface area is 110 Å². The highest BCUT2D eigenvalue weighted by molar-refractivity contribution is 5.79. The molecule has 2 fully saturated rings. The molecular weight excluding hydrogens is 226 g/mol. The molecule has 2 aliphatic rings. The Morgan fingerprint density at radius 2 is 1.89 bits per heavy atom. The summed E-state index contributed by atoms with van der Waals surface area (Å²) in [5.74, 6) is -0.0259. The topological polar surface area (TPSA) is 49.3 Å². The molecule has 0 aromatic heterocycles. The Kier molecular flexibility index (Phi) is 4.66. The smallest absolute Gasteiger partial charge is 0.323 e. The lowest BCUT2D eigenvalue weighted by atomic mass is 9.92. The third-order valence-electron chi connectivity index (χ3n) is 4.94. The molecule has 2 N–H and O–H groups in total. The summed E-state index contributed by atoms with van der Waals surface area (Å²) >= 11 is 0. The van der Waals surface area contributed by atoms with Crippen LogP contribution in [0, 0.1) is 5.92 Å². The molecule has 0 aromatic carbocycles. The van der Waals surface area contributed by atoms with Crippen LogP contribution in [-0.4, -0.2) is 22.7 Å². The molecule has 0 radical (unpaired) electrons. The van der Waals surface area contributed by atoms with E-state index in [4.69, 9.17) is 0 Å². The van der Waals surface area contributed by atoms with Crippen molar-refractivity contribution in [3.63, 3.8) is 0 Å². The molecule has 2 aliphatic carbocycles. The first-order valence-electron chi connectivity index (χ1n) is 7.67. The van der Waals surface area contributed by atoms with Gasteiger partial charge in [0.1, 0.15) is 5.54 Å². The molecule has 2 atom stereocenters. The van der Waals surface area contributed by atoms with Crippen LogP contribution in [-0.2, 0) is 4.79 Å². The van der Waals surface area contributed by atoms with Gasteiger partial charge in [-0.05, 0) is 38.0 Å². The number of hydrogen-bond donors (Lipinski definition) is 2. The number of rotatable bonds is 4. The third-order valence-corrected chi connectivity index (χ3v) is 4.94. The zero-order valence-electron chi connectivity index (χ0n) is 11.6. The normalized spacial score (nSPS) is 34.4. The summed E-state index contributed by atoms with van der Waals surface area (Å²) < 4.78 is 0. The van der Waals surface area contributed by atoms with Crippen LogP contribution in [0.1, 0.15) is 71.1 Å². The fourth-order valence-electron chi connectivity index (χ4n) is 3.70. The first-order chi connectivity index (χ1) is 8.66. The molecule has 104 valence electrons. The Hall–Kier alpha value is -0.570. The van der Waals surface area contributed by atoms with E-state index in [-0.39, 0.29) is 0 Å². The third kappa shape index (κ3) is 3.05. The monoisotopic (exact) mass is 253 g/mol. The van der Waals surface area contributed by atoms with E-state index in [1.165, 1.54) is 25.7 Å². The number of hydrogen-bond acceptors (Lipinski definition) is 2. The summed E-state index contributed by atoms with van der Waals surface area (Å²) in [6.45, 7) is 2.17. The second-order valence-electron chi connectivity index (χ2n) is 6.24. The van der Waals surface area contributed by atoms with Crippen molar-refractivity contribution in [2.24, 2.45) is 5.92 Å². The van der Waals surface area contributed by atoms with Crippen LogP contribution in [0.5, 0.6) is 0 Å². The maximum atomic E-state index is 11.7.